The number of carbonyl (C=O) groups excluding carboxylic acids is 1. The monoisotopic (exact) mass is 597 g/mol. The minimum atomic E-state index is -1.36. The first kappa shape index (κ1) is 30.5. The molecule has 1 amide bonds. The fourth-order valence-corrected chi connectivity index (χ4v) is 5.96. The second-order valence-corrected chi connectivity index (χ2v) is 11.1. The molecule has 0 unspecified atom stereocenters. The average molecular weight is 598 g/mol. The van der Waals surface area contributed by atoms with Gasteiger partial charge in [0.25, 0.3) is 5.91 Å². The standard InChI is InChI=1S/C34H36FN5O4/c1-3-5-6-9-12-40-21-24(25-10-7-8-11-29(25)40)17-23(20-36)33(42)39-15-13-38(14-16-39)31-19-30-26(18-28(31)35)32(41)27(34(43)44)22-37(30)4-2/h7-8,10-11,17-19,21-22H,3-6,9,12-16H2,1-2H3,(H,43,44)/b23-17+. The first-order valence-electron chi connectivity index (χ1n) is 15.1. The zero-order chi connectivity index (χ0) is 31.4. The molecule has 10 heteroatoms. The SMILES string of the molecule is CCCCCCn1cc(/C=C(\C#N)C(=O)N2CCN(c3cc4c(cc3F)c(=O)c(C(=O)O)cn4CC)CC2)c2ccccc21. The maximum absolute atomic E-state index is 15.3. The van der Waals surface area contributed by atoms with Gasteiger partial charge in [0.1, 0.15) is 23.0 Å². The fraction of sp³-hybridized carbons (Fsp3) is 0.353. The Morgan fingerprint density at radius 3 is 2.41 bits per heavy atom. The van der Waals surface area contributed by atoms with Crippen LogP contribution >= 0.6 is 0 Å². The molecular weight excluding hydrogens is 561 g/mol. The highest BCUT2D eigenvalue weighted by atomic mass is 19.1. The van der Waals surface area contributed by atoms with E-state index < -0.39 is 22.8 Å². The van der Waals surface area contributed by atoms with Crippen LogP contribution in [0.4, 0.5) is 10.1 Å². The van der Waals surface area contributed by atoms with Gasteiger partial charge in [-0.3, -0.25) is 9.59 Å². The minimum absolute atomic E-state index is 0.00734. The summed E-state index contributed by atoms with van der Waals surface area (Å²) in [7, 11) is 0. The molecule has 0 aliphatic carbocycles. The molecular formula is C34H36FN5O4. The van der Waals surface area contributed by atoms with E-state index in [1.165, 1.54) is 12.6 Å². The van der Waals surface area contributed by atoms with Gasteiger partial charge < -0.3 is 24.0 Å². The van der Waals surface area contributed by atoms with Gasteiger partial charge in [-0.05, 0) is 37.6 Å². The van der Waals surface area contributed by atoms with Crippen molar-refractivity contribution >= 4 is 45.4 Å². The largest absolute Gasteiger partial charge is 0.477 e. The van der Waals surface area contributed by atoms with Gasteiger partial charge in [-0.15, -0.1) is 0 Å². The topological polar surface area (TPSA) is 112 Å². The maximum atomic E-state index is 15.3. The minimum Gasteiger partial charge on any atom is -0.477 e. The summed E-state index contributed by atoms with van der Waals surface area (Å²) in [5.74, 6) is -2.36. The van der Waals surface area contributed by atoms with Crippen LogP contribution in [0.2, 0.25) is 0 Å². The normalized spacial score (nSPS) is 13.9. The molecule has 2 aromatic heterocycles. The number of para-hydroxylation sites is 1. The number of unbranched alkanes of at least 4 members (excludes halogenated alkanes) is 3. The third kappa shape index (κ3) is 5.95. The summed E-state index contributed by atoms with van der Waals surface area (Å²) in [5, 5.41) is 20.4. The summed E-state index contributed by atoms with van der Waals surface area (Å²) < 4.78 is 19.1. The number of pyridine rings is 1. The predicted molar refractivity (Wildman–Crippen MR) is 169 cm³/mol. The average Bonchev–Trinajstić information content (AvgIpc) is 3.38. The summed E-state index contributed by atoms with van der Waals surface area (Å²) in [5.41, 5.74) is 1.52. The Labute approximate surface area is 255 Å². The molecule has 9 nitrogen and oxygen atoms in total. The summed E-state index contributed by atoms with van der Waals surface area (Å²) in [4.78, 5) is 41.1. The number of piperazine rings is 1. The number of amides is 1. The molecule has 0 atom stereocenters. The lowest BCUT2D eigenvalue weighted by Crippen LogP contribution is -2.49. The van der Waals surface area contributed by atoms with Crippen LogP contribution in [0.1, 0.15) is 55.5 Å². The lowest BCUT2D eigenvalue weighted by atomic mass is 10.1. The Balaban J connectivity index is 1.35. The summed E-state index contributed by atoms with van der Waals surface area (Å²) in [6, 6.07) is 12.8. The molecule has 5 rings (SSSR count). The van der Waals surface area contributed by atoms with Crippen molar-refractivity contribution in [3.63, 3.8) is 0 Å². The number of carboxylic acids is 1. The molecule has 0 bridgehead atoms. The van der Waals surface area contributed by atoms with Crippen LogP contribution in [-0.2, 0) is 17.9 Å². The molecule has 1 aliphatic rings. The van der Waals surface area contributed by atoms with E-state index in [-0.39, 0.29) is 35.6 Å². The van der Waals surface area contributed by atoms with Crippen LogP contribution in [-0.4, -0.2) is 57.2 Å². The van der Waals surface area contributed by atoms with Crippen LogP contribution in [0.25, 0.3) is 27.9 Å². The molecule has 0 saturated carbocycles. The number of aryl methyl sites for hydroxylation is 2. The molecule has 3 heterocycles. The molecule has 1 fully saturated rings. The first-order valence-corrected chi connectivity index (χ1v) is 15.1. The molecule has 0 spiro atoms. The van der Waals surface area contributed by atoms with Crippen molar-refractivity contribution in [1.29, 1.82) is 5.26 Å². The number of aromatic nitrogens is 2. The van der Waals surface area contributed by atoms with Gasteiger partial charge in [-0.25, -0.2) is 9.18 Å². The van der Waals surface area contributed by atoms with Crippen molar-refractivity contribution in [3.05, 3.63) is 81.5 Å². The highest BCUT2D eigenvalue weighted by Gasteiger charge is 2.26. The zero-order valence-corrected chi connectivity index (χ0v) is 25.1. The van der Waals surface area contributed by atoms with Crippen LogP contribution in [0.5, 0.6) is 0 Å². The van der Waals surface area contributed by atoms with Gasteiger partial charge >= 0.3 is 5.97 Å². The summed E-state index contributed by atoms with van der Waals surface area (Å²) >= 11 is 0. The van der Waals surface area contributed by atoms with Crippen LogP contribution < -0.4 is 10.3 Å². The van der Waals surface area contributed by atoms with Crippen molar-refractivity contribution in [2.45, 2.75) is 52.6 Å². The number of benzene rings is 2. The number of carbonyl (C=O) groups is 2. The number of anilines is 1. The number of fused-ring (bicyclic) bond motifs is 2. The zero-order valence-electron chi connectivity index (χ0n) is 25.1. The molecule has 0 radical (unpaired) electrons. The Morgan fingerprint density at radius 2 is 1.73 bits per heavy atom. The number of aromatic carboxylic acids is 1. The van der Waals surface area contributed by atoms with Crippen LogP contribution in [0.15, 0.2) is 59.2 Å². The van der Waals surface area contributed by atoms with Crippen molar-refractivity contribution < 1.29 is 19.1 Å². The molecule has 1 saturated heterocycles. The van der Waals surface area contributed by atoms with E-state index in [1.54, 1.807) is 26.5 Å². The Hall–Kier alpha value is -4.91. The van der Waals surface area contributed by atoms with E-state index in [0.29, 0.717) is 25.2 Å². The number of nitrogens with zero attached hydrogens (tertiary/aromatic N) is 5. The number of rotatable bonds is 10. The first-order chi connectivity index (χ1) is 21.3. The molecule has 4 aromatic rings. The number of nitriles is 1. The highest BCUT2D eigenvalue weighted by Crippen LogP contribution is 2.28. The second kappa shape index (κ2) is 13.2. The third-order valence-corrected chi connectivity index (χ3v) is 8.35. The van der Waals surface area contributed by atoms with E-state index in [2.05, 4.69) is 23.6 Å². The maximum Gasteiger partial charge on any atom is 0.341 e. The number of hydrogen-bond donors (Lipinski definition) is 1. The van der Waals surface area contributed by atoms with Gasteiger partial charge in [-0.2, -0.15) is 5.26 Å². The Morgan fingerprint density at radius 1 is 0.977 bits per heavy atom. The van der Waals surface area contributed by atoms with E-state index in [4.69, 9.17) is 0 Å². The number of hydrogen-bond acceptors (Lipinski definition) is 5. The molecule has 1 aliphatic heterocycles. The molecule has 2 aromatic carbocycles. The lowest BCUT2D eigenvalue weighted by Gasteiger charge is -2.36. The Kier molecular flexibility index (Phi) is 9.14. The van der Waals surface area contributed by atoms with Crippen molar-refractivity contribution in [3.8, 4) is 6.07 Å². The van der Waals surface area contributed by atoms with E-state index in [9.17, 15) is 24.8 Å². The number of halogens is 1. The van der Waals surface area contributed by atoms with Crippen LogP contribution in [0.3, 0.4) is 0 Å². The quantitative estimate of drug-likeness (QED) is 0.144. The Bertz CT molecular complexity index is 1860. The third-order valence-electron chi connectivity index (χ3n) is 8.35. The van der Waals surface area contributed by atoms with Crippen molar-refractivity contribution in [2.24, 2.45) is 0 Å². The predicted octanol–water partition coefficient (Wildman–Crippen LogP) is 5.65. The lowest BCUT2D eigenvalue weighted by molar-refractivity contribution is -0.126. The van der Waals surface area contributed by atoms with Gasteiger partial charge in [0.05, 0.1) is 11.2 Å². The second-order valence-electron chi connectivity index (χ2n) is 11.1. The fourth-order valence-electron chi connectivity index (χ4n) is 5.96. The van der Waals surface area contributed by atoms with Gasteiger partial charge in [0, 0.05) is 73.5 Å². The van der Waals surface area contributed by atoms with Crippen molar-refractivity contribution in [2.75, 3.05) is 31.1 Å². The van der Waals surface area contributed by atoms with Crippen molar-refractivity contribution in [1.82, 2.24) is 14.0 Å². The molecule has 228 valence electrons. The molecule has 44 heavy (non-hydrogen) atoms. The summed E-state index contributed by atoms with van der Waals surface area (Å²) in [6.45, 7) is 6.48. The van der Waals surface area contributed by atoms with Crippen LogP contribution in [0, 0.1) is 17.1 Å². The van der Waals surface area contributed by atoms with E-state index in [0.717, 1.165) is 48.3 Å². The summed E-state index contributed by atoms with van der Waals surface area (Å²) in [6.07, 6.45) is 9.51. The smallest absolute Gasteiger partial charge is 0.341 e. The number of carboxylic acid groups (broad SMARTS) is 1. The van der Waals surface area contributed by atoms with Gasteiger partial charge in [0.2, 0.25) is 5.43 Å². The van der Waals surface area contributed by atoms with E-state index in [1.807, 2.05) is 31.3 Å². The van der Waals surface area contributed by atoms with Gasteiger partial charge in [-0.1, -0.05) is 44.4 Å². The van der Waals surface area contributed by atoms with Gasteiger partial charge in [0.15, 0.2) is 0 Å². The molecule has 1 N–H and O–H groups in total. The van der Waals surface area contributed by atoms with E-state index >= 15 is 4.39 Å². The highest BCUT2D eigenvalue weighted by molar-refractivity contribution is 6.04.